The molecule has 1 N–H and O–H groups in total. The van der Waals surface area contributed by atoms with Gasteiger partial charge in [0, 0.05) is 32.6 Å². The number of piperazine rings is 1. The molecule has 1 fully saturated rings. The van der Waals surface area contributed by atoms with Crippen molar-refractivity contribution in [2.24, 2.45) is 0 Å². The standard InChI is InChI=1S/C13H22N4O3/c1-3-4-12-14-11(15-20-12)9-16-5-7-17(8-6-16)10(2)13(18)19/h10H,3-9H2,1-2H3,(H,18,19). The van der Waals surface area contributed by atoms with E-state index in [1.165, 1.54) is 0 Å². The van der Waals surface area contributed by atoms with Gasteiger partial charge in [0.25, 0.3) is 0 Å². The molecule has 7 nitrogen and oxygen atoms in total. The van der Waals surface area contributed by atoms with Gasteiger partial charge in [0.2, 0.25) is 5.89 Å². The van der Waals surface area contributed by atoms with Crippen LogP contribution in [0.3, 0.4) is 0 Å². The Morgan fingerprint density at radius 2 is 2.10 bits per heavy atom. The molecule has 0 aliphatic carbocycles. The van der Waals surface area contributed by atoms with Crippen molar-refractivity contribution in [2.45, 2.75) is 39.3 Å². The van der Waals surface area contributed by atoms with Crippen molar-refractivity contribution in [2.75, 3.05) is 26.2 Å². The largest absolute Gasteiger partial charge is 0.480 e. The van der Waals surface area contributed by atoms with Gasteiger partial charge < -0.3 is 9.63 Å². The Morgan fingerprint density at radius 1 is 1.40 bits per heavy atom. The first kappa shape index (κ1) is 14.9. The molecule has 0 spiro atoms. The van der Waals surface area contributed by atoms with Gasteiger partial charge in [-0.3, -0.25) is 14.6 Å². The second kappa shape index (κ2) is 6.81. The number of rotatable bonds is 6. The smallest absolute Gasteiger partial charge is 0.320 e. The molecule has 1 aromatic rings. The van der Waals surface area contributed by atoms with Crippen molar-refractivity contribution in [1.29, 1.82) is 0 Å². The van der Waals surface area contributed by atoms with Gasteiger partial charge in [-0.05, 0) is 13.3 Å². The fraction of sp³-hybridized carbons (Fsp3) is 0.769. The summed E-state index contributed by atoms with van der Waals surface area (Å²) < 4.78 is 5.16. The summed E-state index contributed by atoms with van der Waals surface area (Å²) in [7, 11) is 0. The maximum absolute atomic E-state index is 10.9. The van der Waals surface area contributed by atoms with Crippen molar-refractivity contribution in [3.8, 4) is 0 Å². The Labute approximate surface area is 118 Å². The molecule has 1 aromatic heterocycles. The molecule has 1 unspecified atom stereocenters. The normalized spacial score (nSPS) is 19.1. The molecule has 0 amide bonds. The highest BCUT2D eigenvalue weighted by atomic mass is 16.5. The number of aliphatic carboxylic acids is 1. The maximum Gasteiger partial charge on any atom is 0.320 e. The first-order valence-electron chi connectivity index (χ1n) is 7.10. The molecule has 1 aliphatic heterocycles. The van der Waals surface area contributed by atoms with Crippen LogP contribution in [0.5, 0.6) is 0 Å². The van der Waals surface area contributed by atoms with Gasteiger partial charge in [-0.25, -0.2) is 0 Å². The fourth-order valence-corrected chi connectivity index (χ4v) is 2.33. The van der Waals surface area contributed by atoms with Crippen LogP contribution < -0.4 is 0 Å². The van der Waals surface area contributed by atoms with Gasteiger partial charge in [-0.2, -0.15) is 4.98 Å². The van der Waals surface area contributed by atoms with Gasteiger partial charge in [-0.1, -0.05) is 12.1 Å². The van der Waals surface area contributed by atoms with Crippen LogP contribution in [0.2, 0.25) is 0 Å². The second-order valence-corrected chi connectivity index (χ2v) is 5.18. The third-order valence-electron chi connectivity index (χ3n) is 3.65. The average molecular weight is 282 g/mol. The zero-order chi connectivity index (χ0) is 14.5. The Morgan fingerprint density at radius 3 is 2.70 bits per heavy atom. The number of carboxylic acids is 1. The molecule has 2 heterocycles. The average Bonchev–Trinajstić information content (AvgIpc) is 2.86. The molecule has 112 valence electrons. The number of hydrogen-bond donors (Lipinski definition) is 1. The van der Waals surface area contributed by atoms with E-state index in [0.717, 1.165) is 39.0 Å². The van der Waals surface area contributed by atoms with Crippen LogP contribution in [0.4, 0.5) is 0 Å². The Hall–Kier alpha value is -1.47. The first-order valence-corrected chi connectivity index (χ1v) is 7.10. The number of carboxylic acid groups (broad SMARTS) is 1. The molecule has 1 aliphatic rings. The molecule has 0 radical (unpaired) electrons. The topological polar surface area (TPSA) is 82.7 Å². The van der Waals surface area contributed by atoms with Crippen molar-refractivity contribution in [1.82, 2.24) is 19.9 Å². The summed E-state index contributed by atoms with van der Waals surface area (Å²) >= 11 is 0. The van der Waals surface area contributed by atoms with Gasteiger partial charge in [0.15, 0.2) is 5.82 Å². The summed E-state index contributed by atoms with van der Waals surface area (Å²) in [4.78, 5) is 19.5. The third kappa shape index (κ3) is 3.77. The zero-order valence-corrected chi connectivity index (χ0v) is 12.1. The van der Waals surface area contributed by atoms with Crippen LogP contribution in [-0.2, 0) is 17.8 Å². The maximum atomic E-state index is 10.9. The molecule has 0 aromatic carbocycles. The number of aryl methyl sites for hydroxylation is 1. The Bertz CT molecular complexity index is 441. The lowest BCUT2D eigenvalue weighted by molar-refractivity contribution is -0.143. The lowest BCUT2D eigenvalue weighted by Gasteiger charge is -2.35. The minimum Gasteiger partial charge on any atom is -0.480 e. The number of aromatic nitrogens is 2. The van der Waals surface area contributed by atoms with Crippen molar-refractivity contribution in [3.63, 3.8) is 0 Å². The van der Waals surface area contributed by atoms with E-state index in [1.807, 2.05) is 4.90 Å². The van der Waals surface area contributed by atoms with E-state index in [1.54, 1.807) is 6.92 Å². The number of carbonyl (C=O) groups is 1. The summed E-state index contributed by atoms with van der Waals surface area (Å²) in [6.45, 7) is 7.65. The summed E-state index contributed by atoms with van der Waals surface area (Å²) in [6, 6.07) is -0.418. The van der Waals surface area contributed by atoms with Crippen molar-refractivity contribution in [3.05, 3.63) is 11.7 Å². The van der Waals surface area contributed by atoms with Crippen LogP contribution in [0.25, 0.3) is 0 Å². The minimum atomic E-state index is -0.763. The highest BCUT2D eigenvalue weighted by Crippen LogP contribution is 2.10. The molecule has 20 heavy (non-hydrogen) atoms. The van der Waals surface area contributed by atoms with Crippen LogP contribution in [-0.4, -0.2) is 63.2 Å². The molecular formula is C13H22N4O3. The fourth-order valence-electron chi connectivity index (χ4n) is 2.33. The SMILES string of the molecule is CCCc1nc(CN2CCN(C(C)C(=O)O)CC2)no1. The molecule has 1 saturated heterocycles. The minimum absolute atomic E-state index is 0.418. The van der Waals surface area contributed by atoms with Crippen LogP contribution in [0.1, 0.15) is 32.0 Å². The predicted octanol–water partition coefficient (Wildman–Crippen LogP) is 0.613. The molecule has 7 heteroatoms. The Kier molecular flexibility index (Phi) is 5.08. The second-order valence-electron chi connectivity index (χ2n) is 5.18. The summed E-state index contributed by atoms with van der Waals surface area (Å²) in [6.07, 6.45) is 1.81. The van der Waals surface area contributed by atoms with E-state index in [4.69, 9.17) is 9.63 Å². The summed E-state index contributed by atoms with van der Waals surface area (Å²) in [5.74, 6) is 0.648. The van der Waals surface area contributed by atoms with Gasteiger partial charge in [-0.15, -0.1) is 0 Å². The van der Waals surface area contributed by atoms with Crippen molar-refractivity contribution >= 4 is 5.97 Å². The highest BCUT2D eigenvalue weighted by molar-refractivity contribution is 5.72. The van der Waals surface area contributed by atoms with Gasteiger partial charge in [0.05, 0.1) is 6.54 Å². The van der Waals surface area contributed by atoms with E-state index in [2.05, 4.69) is 22.0 Å². The summed E-state index contributed by atoms with van der Waals surface area (Å²) in [5.41, 5.74) is 0. The van der Waals surface area contributed by atoms with E-state index >= 15 is 0 Å². The van der Waals surface area contributed by atoms with Gasteiger partial charge in [0.1, 0.15) is 6.04 Å². The van der Waals surface area contributed by atoms with Gasteiger partial charge >= 0.3 is 5.97 Å². The molecule has 0 bridgehead atoms. The van der Waals surface area contributed by atoms with E-state index in [-0.39, 0.29) is 0 Å². The summed E-state index contributed by atoms with van der Waals surface area (Å²) in [5, 5.41) is 13.0. The third-order valence-corrected chi connectivity index (χ3v) is 3.65. The highest BCUT2D eigenvalue weighted by Gasteiger charge is 2.25. The Balaban J connectivity index is 1.80. The van der Waals surface area contributed by atoms with Crippen LogP contribution in [0, 0.1) is 0 Å². The molecular weight excluding hydrogens is 260 g/mol. The molecule has 1 atom stereocenters. The first-order chi connectivity index (χ1) is 9.60. The lowest BCUT2D eigenvalue weighted by atomic mass is 10.2. The lowest BCUT2D eigenvalue weighted by Crippen LogP contribution is -2.51. The number of hydrogen-bond acceptors (Lipinski definition) is 6. The predicted molar refractivity (Wildman–Crippen MR) is 72.2 cm³/mol. The van der Waals surface area contributed by atoms with Crippen LogP contribution >= 0.6 is 0 Å². The monoisotopic (exact) mass is 282 g/mol. The number of nitrogens with zero attached hydrogens (tertiary/aromatic N) is 4. The van der Waals surface area contributed by atoms with E-state index in [0.29, 0.717) is 18.3 Å². The van der Waals surface area contributed by atoms with E-state index in [9.17, 15) is 4.79 Å². The quantitative estimate of drug-likeness (QED) is 0.818. The molecule has 0 saturated carbocycles. The van der Waals surface area contributed by atoms with Crippen molar-refractivity contribution < 1.29 is 14.4 Å². The van der Waals surface area contributed by atoms with Crippen LogP contribution in [0.15, 0.2) is 4.52 Å². The molecule has 2 rings (SSSR count). The zero-order valence-electron chi connectivity index (χ0n) is 12.1. The van der Waals surface area contributed by atoms with E-state index < -0.39 is 12.0 Å².